The summed E-state index contributed by atoms with van der Waals surface area (Å²) in [6.07, 6.45) is 5.77. The minimum atomic E-state index is 0.892. The summed E-state index contributed by atoms with van der Waals surface area (Å²) in [5.74, 6) is 2.10. The molecule has 0 aromatic heterocycles. The molecule has 0 spiro atoms. The van der Waals surface area contributed by atoms with Crippen molar-refractivity contribution < 1.29 is 0 Å². The van der Waals surface area contributed by atoms with Crippen molar-refractivity contribution in [3.8, 4) is 0 Å². The van der Waals surface area contributed by atoms with Crippen LogP contribution in [0, 0.1) is 11.8 Å². The third-order valence-electron chi connectivity index (χ3n) is 3.36. The Hall–Kier alpha value is -0.0400. The van der Waals surface area contributed by atoms with Gasteiger partial charge in [-0.05, 0) is 37.6 Å². The van der Waals surface area contributed by atoms with Gasteiger partial charge in [-0.2, -0.15) is 0 Å². The molecule has 1 aliphatic carbocycles. The Morgan fingerprint density at radius 1 is 1.30 bits per heavy atom. The van der Waals surface area contributed by atoms with E-state index in [1.165, 1.54) is 32.2 Å². The van der Waals surface area contributed by atoms with Crippen LogP contribution in [0.2, 0.25) is 0 Å². The molecular formula is C9H17N. The molecule has 2 fully saturated rings. The molecule has 10 heavy (non-hydrogen) atoms. The molecule has 1 saturated carbocycles. The van der Waals surface area contributed by atoms with Gasteiger partial charge in [0.25, 0.3) is 0 Å². The Bertz CT molecular complexity index is 106. The van der Waals surface area contributed by atoms with Crippen LogP contribution in [0.1, 0.15) is 32.6 Å². The lowest BCUT2D eigenvalue weighted by molar-refractivity contribution is 0.254. The largest absolute Gasteiger partial charge is 0.314 e. The maximum absolute atomic E-state index is 3.61. The average Bonchev–Trinajstić information content (AvgIpc) is 2.19. The van der Waals surface area contributed by atoms with Gasteiger partial charge in [-0.1, -0.05) is 13.3 Å². The summed E-state index contributed by atoms with van der Waals surface area (Å²) < 4.78 is 0. The number of hydrogen-bond acceptors (Lipinski definition) is 1. The summed E-state index contributed by atoms with van der Waals surface area (Å²) in [5.41, 5.74) is 0. The number of nitrogens with one attached hydrogen (secondary N) is 1. The van der Waals surface area contributed by atoms with Crippen LogP contribution in [0.15, 0.2) is 0 Å². The molecule has 1 N–H and O–H groups in total. The van der Waals surface area contributed by atoms with E-state index in [0.717, 1.165) is 17.9 Å². The zero-order valence-electron chi connectivity index (χ0n) is 6.77. The molecule has 0 amide bonds. The zero-order valence-corrected chi connectivity index (χ0v) is 6.77. The quantitative estimate of drug-likeness (QED) is 0.584. The van der Waals surface area contributed by atoms with E-state index in [4.69, 9.17) is 0 Å². The number of rotatable bonds is 1. The first-order valence-corrected chi connectivity index (χ1v) is 4.65. The molecule has 1 saturated heterocycles. The van der Waals surface area contributed by atoms with Crippen molar-refractivity contribution in [3.63, 3.8) is 0 Å². The first-order chi connectivity index (χ1) is 4.92. The van der Waals surface area contributed by atoms with Gasteiger partial charge in [0, 0.05) is 6.04 Å². The van der Waals surface area contributed by atoms with E-state index < -0.39 is 0 Å². The van der Waals surface area contributed by atoms with Gasteiger partial charge in [0.15, 0.2) is 0 Å². The van der Waals surface area contributed by atoms with E-state index in [1.54, 1.807) is 0 Å². The molecule has 58 valence electrons. The van der Waals surface area contributed by atoms with E-state index >= 15 is 0 Å². The summed E-state index contributed by atoms with van der Waals surface area (Å²) in [6.45, 7) is 3.62. The second-order valence-corrected chi connectivity index (χ2v) is 3.76. The van der Waals surface area contributed by atoms with Crippen LogP contribution >= 0.6 is 0 Å². The van der Waals surface area contributed by atoms with Crippen molar-refractivity contribution in [2.75, 3.05) is 6.54 Å². The summed E-state index contributed by atoms with van der Waals surface area (Å²) in [6, 6.07) is 0.892. The van der Waals surface area contributed by atoms with E-state index in [0.29, 0.717) is 0 Å². The maximum Gasteiger partial charge on any atom is 0.00979 e. The predicted octanol–water partition coefficient (Wildman–Crippen LogP) is 1.78. The predicted molar refractivity (Wildman–Crippen MR) is 42.9 cm³/mol. The standard InChI is InChI=1S/C9H17N/c1-2-8-7-3-4-9(8)10-6-5-7/h7-10H,2-6H2,1H3/t7?,8-,9?/m1/s1. The van der Waals surface area contributed by atoms with Gasteiger partial charge in [-0.3, -0.25) is 0 Å². The second-order valence-electron chi connectivity index (χ2n) is 3.76. The molecule has 0 aromatic rings. The number of fused-ring (bicyclic) bond motifs is 2. The van der Waals surface area contributed by atoms with Crippen LogP contribution in [0.4, 0.5) is 0 Å². The number of piperidine rings is 1. The molecule has 2 aliphatic rings. The molecule has 1 nitrogen and oxygen atoms in total. The Labute approximate surface area is 63.2 Å². The van der Waals surface area contributed by atoms with Gasteiger partial charge in [0.1, 0.15) is 0 Å². The Morgan fingerprint density at radius 2 is 2.20 bits per heavy atom. The smallest absolute Gasteiger partial charge is 0.00979 e. The first-order valence-electron chi connectivity index (χ1n) is 4.65. The van der Waals surface area contributed by atoms with Gasteiger partial charge in [-0.25, -0.2) is 0 Å². The highest BCUT2D eigenvalue weighted by Crippen LogP contribution is 2.38. The number of hydrogen-bond donors (Lipinski definition) is 1. The van der Waals surface area contributed by atoms with Crippen LogP contribution in [-0.4, -0.2) is 12.6 Å². The summed E-state index contributed by atoms with van der Waals surface area (Å²) in [7, 11) is 0. The van der Waals surface area contributed by atoms with Crippen molar-refractivity contribution in [1.29, 1.82) is 0 Å². The fraction of sp³-hybridized carbons (Fsp3) is 1.00. The van der Waals surface area contributed by atoms with Gasteiger partial charge < -0.3 is 5.32 Å². The fourth-order valence-electron chi connectivity index (χ4n) is 2.83. The molecule has 3 atom stereocenters. The highest BCUT2D eigenvalue weighted by atomic mass is 14.9. The minimum Gasteiger partial charge on any atom is -0.314 e. The van der Waals surface area contributed by atoms with Crippen molar-refractivity contribution in [1.82, 2.24) is 5.32 Å². The molecule has 1 heterocycles. The third-order valence-corrected chi connectivity index (χ3v) is 3.36. The summed E-state index contributed by atoms with van der Waals surface area (Å²) >= 11 is 0. The molecule has 2 rings (SSSR count). The SMILES string of the molecule is CC[C@@H]1C2CCNC1CC2. The topological polar surface area (TPSA) is 12.0 Å². The van der Waals surface area contributed by atoms with E-state index in [1.807, 2.05) is 0 Å². The molecule has 2 bridgehead atoms. The monoisotopic (exact) mass is 139 g/mol. The summed E-state index contributed by atoms with van der Waals surface area (Å²) in [5, 5.41) is 3.61. The van der Waals surface area contributed by atoms with E-state index in [-0.39, 0.29) is 0 Å². The Balaban J connectivity index is 2.06. The average molecular weight is 139 g/mol. The van der Waals surface area contributed by atoms with Gasteiger partial charge in [0.05, 0.1) is 0 Å². The minimum absolute atomic E-state index is 0.892. The second kappa shape index (κ2) is 2.54. The van der Waals surface area contributed by atoms with Crippen LogP contribution in [-0.2, 0) is 0 Å². The highest BCUT2D eigenvalue weighted by Gasteiger charge is 2.36. The molecule has 1 heteroatoms. The first kappa shape index (κ1) is 6.66. The maximum atomic E-state index is 3.61. The van der Waals surface area contributed by atoms with Crippen LogP contribution < -0.4 is 5.32 Å². The van der Waals surface area contributed by atoms with Gasteiger partial charge >= 0.3 is 0 Å². The molecule has 1 aliphatic heterocycles. The third kappa shape index (κ3) is 0.878. The lowest BCUT2D eigenvalue weighted by Crippen LogP contribution is -2.39. The van der Waals surface area contributed by atoms with Crippen molar-refractivity contribution >= 4 is 0 Å². The van der Waals surface area contributed by atoms with E-state index in [9.17, 15) is 0 Å². The lowest BCUT2D eigenvalue weighted by atomic mass is 9.86. The molecular weight excluding hydrogens is 122 g/mol. The van der Waals surface area contributed by atoms with Crippen LogP contribution in [0.25, 0.3) is 0 Å². The highest BCUT2D eigenvalue weighted by molar-refractivity contribution is 4.92. The van der Waals surface area contributed by atoms with E-state index in [2.05, 4.69) is 12.2 Å². The van der Waals surface area contributed by atoms with Crippen molar-refractivity contribution in [3.05, 3.63) is 0 Å². The Kier molecular flexibility index (Phi) is 1.69. The van der Waals surface area contributed by atoms with Gasteiger partial charge in [0.2, 0.25) is 0 Å². The normalized spacial score (nSPS) is 45.9. The van der Waals surface area contributed by atoms with Crippen molar-refractivity contribution in [2.45, 2.75) is 38.6 Å². The van der Waals surface area contributed by atoms with Crippen LogP contribution in [0.3, 0.4) is 0 Å². The lowest BCUT2D eigenvalue weighted by Gasteiger charge is -2.29. The molecule has 0 radical (unpaired) electrons. The van der Waals surface area contributed by atoms with Gasteiger partial charge in [-0.15, -0.1) is 0 Å². The molecule has 2 unspecified atom stereocenters. The molecule has 0 aromatic carbocycles. The Morgan fingerprint density at radius 3 is 2.80 bits per heavy atom. The fourth-order valence-corrected chi connectivity index (χ4v) is 2.83. The zero-order chi connectivity index (χ0) is 6.97. The van der Waals surface area contributed by atoms with Crippen LogP contribution in [0.5, 0.6) is 0 Å². The van der Waals surface area contributed by atoms with Crippen molar-refractivity contribution in [2.24, 2.45) is 11.8 Å². The summed E-state index contributed by atoms with van der Waals surface area (Å²) in [4.78, 5) is 0.